The minimum Gasteiger partial charge on any atom is -0.314 e. The summed E-state index contributed by atoms with van der Waals surface area (Å²) in [6.07, 6.45) is 8.16. The largest absolute Gasteiger partial charge is 0.314 e. The van der Waals surface area contributed by atoms with Crippen LogP contribution in [0.15, 0.2) is 30.6 Å². The van der Waals surface area contributed by atoms with Gasteiger partial charge in [0, 0.05) is 37.6 Å². The third kappa shape index (κ3) is 4.97. The molecule has 0 bridgehead atoms. The second-order valence-corrected chi connectivity index (χ2v) is 5.66. The van der Waals surface area contributed by atoms with Crippen LogP contribution in [-0.4, -0.2) is 27.4 Å². The quantitative estimate of drug-likeness (QED) is 0.811. The van der Waals surface area contributed by atoms with E-state index in [2.05, 4.69) is 34.5 Å². The van der Waals surface area contributed by atoms with Crippen LogP contribution in [0.3, 0.4) is 0 Å². The third-order valence-electron chi connectivity index (χ3n) is 3.74. The molecule has 2 aromatic heterocycles. The molecule has 2 rings (SSSR count). The Bertz CT molecular complexity index is 533. The highest BCUT2D eigenvalue weighted by Gasteiger charge is 2.12. The van der Waals surface area contributed by atoms with Gasteiger partial charge in [0.2, 0.25) is 0 Å². The number of hydrogen-bond donors (Lipinski definition) is 1. The summed E-state index contributed by atoms with van der Waals surface area (Å²) in [6.45, 7) is 5.32. The molecule has 0 radical (unpaired) electrons. The molecule has 21 heavy (non-hydrogen) atoms. The average molecular weight is 286 g/mol. The van der Waals surface area contributed by atoms with Crippen LogP contribution in [0.25, 0.3) is 0 Å². The zero-order chi connectivity index (χ0) is 15.1. The summed E-state index contributed by atoms with van der Waals surface area (Å²) < 4.78 is 2.00. The van der Waals surface area contributed by atoms with Crippen LogP contribution < -0.4 is 5.32 Å². The van der Waals surface area contributed by atoms with E-state index in [0.29, 0.717) is 6.04 Å². The van der Waals surface area contributed by atoms with Crippen molar-refractivity contribution in [1.82, 2.24) is 20.1 Å². The first-order chi connectivity index (χ1) is 10.2. The van der Waals surface area contributed by atoms with Crippen molar-refractivity contribution in [3.63, 3.8) is 0 Å². The van der Waals surface area contributed by atoms with E-state index >= 15 is 0 Å². The van der Waals surface area contributed by atoms with E-state index in [4.69, 9.17) is 0 Å². The van der Waals surface area contributed by atoms with Gasteiger partial charge in [0.05, 0.1) is 5.69 Å². The van der Waals surface area contributed by atoms with Crippen molar-refractivity contribution in [2.45, 2.75) is 45.6 Å². The van der Waals surface area contributed by atoms with Gasteiger partial charge in [0.25, 0.3) is 0 Å². The molecule has 0 spiro atoms. The van der Waals surface area contributed by atoms with Crippen LogP contribution in [0.4, 0.5) is 0 Å². The van der Waals surface area contributed by atoms with E-state index in [1.165, 1.54) is 11.3 Å². The third-order valence-corrected chi connectivity index (χ3v) is 3.74. The van der Waals surface area contributed by atoms with Gasteiger partial charge in [0.15, 0.2) is 0 Å². The van der Waals surface area contributed by atoms with Crippen molar-refractivity contribution >= 4 is 0 Å². The number of nitrogens with one attached hydrogen (secondary N) is 1. The molecule has 4 nitrogen and oxygen atoms in total. The van der Waals surface area contributed by atoms with Crippen molar-refractivity contribution in [2.24, 2.45) is 7.05 Å². The number of hydrogen-bond acceptors (Lipinski definition) is 3. The highest BCUT2D eigenvalue weighted by Crippen LogP contribution is 2.10. The Balaban J connectivity index is 1.95. The molecule has 1 atom stereocenters. The van der Waals surface area contributed by atoms with Gasteiger partial charge in [-0.3, -0.25) is 9.67 Å². The highest BCUT2D eigenvalue weighted by molar-refractivity contribution is 5.12. The fourth-order valence-corrected chi connectivity index (χ4v) is 2.62. The molecule has 4 heteroatoms. The predicted octanol–water partition coefficient (Wildman–Crippen LogP) is 2.67. The Morgan fingerprint density at radius 3 is 2.86 bits per heavy atom. The van der Waals surface area contributed by atoms with Crippen molar-refractivity contribution < 1.29 is 0 Å². The second-order valence-electron chi connectivity index (χ2n) is 5.66. The predicted molar refractivity (Wildman–Crippen MR) is 86.3 cm³/mol. The van der Waals surface area contributed by atoms with E-state index < -0.39 is 0 Å². The van der Waals surface area contributed by atoms with Gasteiger partial charge >= 0.3 is 0 Å². The standard InChI is InChI=1S/C17H26N4/c1-4-9-19-16(8-7-15-6-5-10-18-13-15)12-17-11-14(2)20-21(17)3/h5-6,10-11,13,16,19H,4,7-9,12H2,1-3H3. The summed E-state index contributed by atoms with van der Waals surface area (Å²) >= 11 is 0. The van der Waals surface area contributed by atoms with E-state index in [1.807, 2.05) is 37.1 Å². The van der Waals surface area contributed by atoms with Gasteiger partial charge in [-0.05, 0) is 50.4 Å². The van der Waals surface area contributed by atoms with E-state index in [-0.39, 0.29) is 0 Å². The molecule has 0 fully saturated rings. The number of nitrogens with zero attached hydrogens (tertiary/aromatic N) is 3. The Labute approximate surface area is 127 Å². The topological polar surface area (TPSA) is 42.7 Å². The van der Waals surface area contributed by atoms with Gasteiger partial charge in [-0.25, -0.2) is 0 Å². The lowest BCUT2D eigenvalue weighted by molar-refractivity contribution is 0.465. The molecule has 2 aromatic rings. The van der Waals surface area contributed by atoms with Crippen molar-refractivity contribution in [3.05, 3.63) is 47.5 Å². The lowest BCUT2D eigenvalue weighted by Crippen LogP contribution is -2.33. The number of rotatable bonds is 8. The van der Waals surface area contributed by atoms with Crippen molar-refractivity contribution in [3.8, 4) is 0 Å². The summed E-state index contributed by atoms with van der Waals surface area (Å²) in [5.41, 5.74) is 3.70. The van der Waals surface area contributed by atoms with Crippen LogP contribution >= 0.6 is 0 Å². The number of aromatic nitrogens is 3. The van der Waals surface area contributed by atoms with Crippen molar-refractivity contribution in [2.75, 3.05) is 6.54 Å². The van der Waals surface area contributed by atoms with Crippen molar-refractivity contribution in [1.29, 1.82) is 0 Å². The number of pyridine rings is 1. The maximum Gasteiger partial charge on any atom is 0.0596 e. The Hall–Kier alpha value is -1.68. The zero-order valence-corrected chi connectivity index (χ0v) is 13.3. The minimum absolute atomic E-state index is 0.486. The van der Waals surface area contributed by atoms with Gasteiger partial charge in [-0.1, -0.05) is 13.0 Å². The van der Waals surface area contributed by atoms with Gasteiger partial charge < -0.3 is 5.32 Å². The zero-order valence-electron chi connectivity index (χ0n) is 13.3. The fraction of sp³-hybridized carbons (Fsp3) is 0.529. The van der Waals surface area contributed by atoms with E-state index in [0.717, 1.165) is 37.9 Å². The first-order valence-corrected chi connectivity index (χ1v) is 7.81. The Morgan fingerprint density at radius 1 is 1.38 bits per heavy atom. The van der Waals surface area contributed by atoms with Crippen LogP contribution in [0.1, 0.15) is 36.7 Å². The normalized spacial score (nSPS) is 12.5. The molecule has 0 aliphatic heterocycles. The number of aryl methyl sites for hydroxylation is 3. The second kappa shape index (κ2) is 7.93. The fourth-order valence-electron chi connectivity index (χ4n) is 2.62. The van der Waals surface area contributed by atoms with E-state index in [1.54, 1.807) is 0 Å². The van der Waals surface area contributed by atoms with Gasteiger partial charge in [-0.15, -0.1) is 0 Å². The van der Waals surface area contributed by atoms with E-state index in [9.17, 15) is 0 Å². The van der Waals surface area contributed by atoms with Crippen LogP contribution in [0.2, 0.25) is 0 Å². The molecule has 2 heterocycles. The summed E-state index contributed by atoms with van der Waals surface area (Å²) in [7, 11) is 2.03. The molecule has 1 N–H and O–H groups in total. The van der Waals surface area contributed by atoms with Crippen LogP contribution in [0, 0.1) is 6.92 Å². The monoisotopic (exact) mass is 286 g/mol. The highest BCUT2D eigenvalue weighted by atomic mass is 15.3. The summed E-state index contributed by atoms with van der Waals surface area (Å²) in [5, 5.41) is 8.10. The lowest BCUT2D eigenvalue weighted by Gasteiger charge is -2.18. The molecule has 0 saturated carbocycles. The smallest absolute Gasteiger partial charge is 0.0596 e. The average Bonchev–Trinajstić information content (AvgIpc) is 2.80. The Morgan fingerprint density at radius 2 is 2.24 bits per heavy atom. The SMILES string of the molecule is CCCNC(CCc1cccnc1)Cc1cc(C)nn1C. The molecule has 0 amide bonds. The van der Waals surface area contributed by atoms with Crippen LogP contribution in [-0.2, 0) is 19.9 Å². The summed E-state index contributed by atoms with van der Waals surface area (Å²) in [6, 6.07) is 6.83. The summed E-state index contributed by atoms with van der Waals surface area (Å²) in [5.74, 6) is 0. The molecular formula is C17H26N4. The molecule has 0 saturated heterocycles. The molecule has 0 aliphatic carbocycles. The van der Waals surface area contributed by atoms with Gasteiger partial charge in [0.1, 0.15) is 0 Å². The maximum atomic E-state index is 4.44. The maximum absolute atomic E-state index is 4.44. The Kier molecular flexibility index (Phi) is 5.93. The summed E-state index contributed by atoms with van der Waals surface area (Å²) in [4.78, 5) is 4.19. The van der Waals surface area contributed by atoms with Gasteiger partial charge in [-0.2, -0.15) is 5.10 Å². The molecule has 114 valence electrons. The minimum atomic E-state index is 0.486. The molecule has 0 aliphatic rings. The lowest BCUT2D eigenvalue weighted by atomic mass is 10.0. The molecular weight excluding hydrogens is 260 g/mol. The first-order valence-electron chi connectivity index (χ1n) is 7.81. The van der Waals surface area contributed by atoms with Crippen LogP contribution in [0.5, 0.6) is 0 Å². The molecule has 1 unspecified atom stereocenters. The first kappa shape index (κ1) is 15.7. The molecule has 0 aromatic carbocycles.